The van der Waals surface area contributed by atoms with Gasteiger partial charge in [-0.2, -0.15) is 0 Å². The van der Waals surface area contributed by atoms with Crippen molar-refractivity contribution in [3.05, 3.63) is 29.8 Å². The van der Waals surface area contributed by atoms with E-state index in [0.29, 0.717) is 5.75 Å². The Morgan fingerprint density at radius 2 is 2.27 bits per heavy atom. The largest absolute Gasteiger partial charge is 0.436 e. The molecule has 0 amide bonds. The third-order valence-corrected chi connectivity index (χ3v) is 1.35. The molecule has 0 spiro atoms. The summed E-state index contributed by atoms with van der Waals surface area (Å²) in [5, 5.41) is 0. The zero-order valence-corrected chi connectivity index (χ0v) is 7.58. The van der Waals surface area contributed by atoms with Crippen molar-refractivity contribution in [2.24, 2.45) is 0 Å². The number of hydrogen-bond donors (Lipinski definition) is 0. The zero-order chi connectivity index (χ0) is 8.27. The molecule has 0 unspecified atom stereocenters. The molecule has 1 rings (SSSR count). The van der Waals surface area contributed by atoms with Crippen molar-refractivity contribution < 1.29 is 4.74 Å². The predicted octanol–water partition coefficient (Wildman–Crippen LogP) is 2.90. The number of ether oxygens (including phenoxy) is 1. The standard InChI is InChI=1S/C8H7ClOS/c1-6-3-2-4-7(5-6)10-8(9)11/h2-5H,1H3. The molecule has 11 heavy (non-hydrogen) atoms. The maximum absolute atomic E-state index is 5.37. The molecule has 0 aliphatic carbocycles. The van der Waals surface area contributed by atoms with Crippen molar-refractivity contribution >= 4 is 28.3 Å². The third-order valence-electron chi connectivity index (χ3n) is 1.19. The van der Waals surface area contributed by atoms with Crippen LogP contribution in [0.15, 0.2) is 24.3 Å². The SMILES string of the molecule is Cc1cccc(OC(=S)Cl)c1. The van der Waals surface area contributed by atoms with Crippen LogP contribution in [0.4, 0.5) is 0 Å². The smallest absolute Gasteiger partial charge is 0.260 e. The molecule has 0 aliphatic heterocycles. The second-order valence-electron chi connectivity index (χ2n) is 2.16. The minimum absolute atomic E-state index is 0.0237. The summed E-state index contributed by atoms with van der Waals surface area (Å²) in [5.41, 5.74) is 1.12. The Kier molecular flexibility index (Phi) is 2.85. The number of rotatable bonds is 1. The van der Waals surface area contributed by atoms with E-state index in [9.17, 15) is 0 Å². The molecule has 0 aromatic heterocycles. The van der Waals surface area contributed by atoms with Gasteiger partial charge >= 0.3 is 0 Å². The average Bonchev–Trinajstić information content (AvgIpc) is 1.85. The Bertz CT molecular complexity index is 273. The van der Waals surface area contributed by atoms with Crippen LogP contribution in [0.25, 0.3) is 0 Å². The summed E-state index contributed by atoms with van der Waals surface area (Å²) in [5.74, 6) is 0.685. The lowest BCUT2D eigenvalue weighted by molar-refractivity contribution is 0.577. The molecule has 1 aromatic carbocycles. The van der Waals surface area contributed by atoms with E-state index in [1.807, 2.05) is 31.2 Å². The maximum Gasteiger partial charge on any atom is 0.260 e. The Morgan fingerprint density at radius 1 is 1.55 bits per heavy atom. The third kappa shape index (κ3) is 2.87. The van der Waals surface area contributed by atoms with Crippen LogP contribution < -0.4 is 4.74 Å². The highest BCUT2D eigenvalue weighted by atomic mass is 35.5. The van der Waals surface area contributed by atoms with E-state index < -0.39 is 0 Å². The van der Waals surface area contributed by atoms with Crippen LogP contribution in [0, 0.1) is 6.92 Å². The lowest BCUT2D eigenvalue weighted by atomic mass is 10.2. The fourth-order valence-electron chi connectivity index (χ4n) is 0.771. The van der Waals surface area contributed by atoms with Gasteiger partial charge < -0.3 is 4.74 Å². The molecule has 1 aromatic rings. The number of hydrogen-bond acceptors (Lipinski definition) is 2. The topological polar surface area (TPSA) is 9.23 Å². The number of thiocarbonyl (C=S) groups is 1. The van der Waals surface area contributed by atoms with Crippen LogP contribution in [0.5, 0.6) is 5.75 Å². The molecule has 3 heteroatoms. The first-order chi connectivity index (χ1) is 5.18. The molecule has 0 fully saturated rings. The lowest BCUT2D eigenvalue weighted by Crippen LogP contribution is -1.95. The van der Waals surface area contributed by atoms with Crippen molar-refractivity contribution in [1.82, 2.24) is 0 Å². The first kappa shape index (κ1) is 8.50. The number of halogens is 1. The van der Waals surface area contributed by atoms with E-state index in [1.54, 1.807) is 0 Å². The van der Waals surface area contributed by atoms with Gasteiger partial charge in [0.15, 0.2) is 0 Å². The van der Waals surface area contributed by atoms with Gasteiger partial charge in [0.05, 0.1) is 0 Å². The maximum atomic E-state index is 5.37. The molecular formula is C8H7ClOS. The monoisotopic (exact) mass is 186 g/mol. The zero-order valence-electron chi connectivity index (χ0n) is 6.00. The summed E-state index contributed by atoms with van der Waals surface area (Å²) in [6, 6.07) is 7.54. The van der Waals surface area contributed by atoms with Crippen molar-refractivity contribution in [2.45, 2.75) is 6.92 Å². The summed E-state index contributed by atoms with van der Waals surface area (Å²) in [6.07, 6.45) is 0. The van der Waals surface area contributed by atoms with E-state index in [0.717, 1.165) is 5.56 Å². The number of aryl methyl sites for hydroxylation is 1. The van der Waals surface area contributed by atoms with Gasteiger partial charge in [-0.15, -0.1) is 0 Å². The normalized spacial score (nSPS) is 9.27. The molecular weight excluding hydrogens is 180 g/mol. The molecule has 0 atom stereocenters. The van der Waals surface area contributed by atoms with Crippen LogP contribution in [-0.2, 0) is 0 Å². The quantitative estimate of drug-likeness (QED) is 0.493. The fourth-order valence-corrected chi connectivity index (χ4v) is 0.957. The Morgan fingerprint density at radius 3 is 2.82 bits per heavy atom. The van der Waals surface area contributed by atoms with Gasteiger partial charge in [0.25, 0.3) is 4.51 Å². The van der Waals surface area contributed by atoms with Gasteiger partial charge in [-0.3, -0.25) is 0 Å². The van der Waals surface area contributed by atoms with E-state index in [4.69, 9.17) is 16.3 Å². The molecule has 0 heterocycles. The van der Waals surface area contributed by atoms with Crippen LogP contribution >= 0.6 is 23.8 Å². The van der Waals surface area contributed by atoms with E-state index in [1.165, 1.54) is 0 Å². The van der Waals surface area contributed by atoms with Crippen LogP contribution in [0.3, 0.4) is 0 Å². The highest BCUT2D eigenvalue weighted by Crippen LogP contribution is 2.13. The molecule has 0 saturated heterocycles. The van der Waals surface area contributed by atoms with Gasteiger partial charge in [-0.05, 0) is 48.4 Å². The number of benzene rings is 1. The van der Waals surface area contributed by atoms with Crippen LogP contribution in [-0.4, -0.2) is 4.51 Å². The Balaban J connectivity index is 2.79. The van der Waals surface area contributed by atoms with Crippen molar-refractivity contribution in [3.63, 3.8) is 0 Å². The van der Waals surface area contributed by atoms with E-state index in [-0.39, 0.29) is 4.51 Å². The summed E-state index contributed by atoms with van der Waals surface area (Å²) in [7, 11) is 0. The summed E-state index contributed by atoms with van der Waals surface area (Å²) in [4.78, 5) is 0. The van der Waals surface area contributed by atoms with Crippen molar-refractivity contribution in [2.75, 3.05) is 0 Å². The fraction of sp³-hybridized carbons (Fsp3) is 0.125. The molecule has 0 bridgehead atoms. The Labute approximate surface area is 75.9 Å². The van der Waals surface area contributed by atoms with Gasteiger partial charge in [0.2, 0.25) is 0 Å². The van der Waals surface area contributed by atoms with Gasteiger partial charge in [0, 0.05) is 0 Å². The predicted molar refractivity (Wildman–Crippen MR) is 50.3 cm³/mol. The summed E-state index contributed by atoms with van der Waals surface area (Å²) in [6.45, 7) is 1.98. The lowest BCUT2D eigenvalue weighted by Gasteiger charge is -2.00. The van der Waals surface area contributed by atoms with Gasteiger partial charge in [0.1, 0.15) is 5.75 Å². The minimum Gasteiger partial charge on any atom is -0.436 e. The minimum atomic E-state index is 0.0237. The molecule has 0 N–H and O–H groups in total. The molecule has 0 saturated carbocycles. The van der Waals surface area contributed by atoms with Gasteiger partial charge in [-0.1, -0.05) is 12.1 Å². The first-order valence-electron chi connectivity index (χ1n) is 3.12. The van der Waals surface area contributed by atoms with Crippen LogP contribution in [0.1, 0.15) is 5.56 Å². The first-order valence-corrected chi connectivity index (χ1v) is 3.91. The summed E-state index contributed by atoms with van der Waals surface area (Å²) >= 11 is 9.94. The molecule has 58 valence electrons. The van der Waals surface area contributed by atoms with Crippen molar-refractivity contribution in [3.8, 4) is 5.75 Å². The molecule has 0 radical (unpaired) electrons. The second kappa shape index (κ2) is 3.69. The summed E-state index contributed by atoms with van der Waals surface area (Å²) < 4.78 is 5.02. The molecule has 1 nitrogen and oxygen atoms in total. The molecule has 0 aliphatic rings. The van der Waals surface area contributed by atoms with Gasteiger partial charge in [-0.25, -0.2) is 0 Å². The highest BCUT2D eigenvalue weighted by Gasteiger charge is 1.94. The second-order valence-corrected chi connectivity index (χ2v) is 3.09. The van der Waals surface area contributed by atoms with Crippen molar-refractivity contribution in [1.29, 1.82) is 0 Å². The van der Waals surface area contributed by atoms with E-state index in [2.05, 4.69) is 12.2 Å². The Hall–Kier alpha value is -0.600. The average molecular weight is 187 g/mol. The van der Waals surface area contributed by atoms with E-state index >= 15 is 0 Å². The van der Waals surface area contributed by atoms with Crippen LogP contribution in [0.2, 0.25) is 0 Å². The highest BCUT2D eigenvalue weighted by molar-refractivity contribution is 7.82.